The number of benzene rings is 2. The van der Waals surface area contributed by atoms with Crippen LogP contribution in [0.5, 0.6) is 0 Å². The molecule has 0 fully saturated rings. The summed E-state index contributed by atoms with van der Waals surface area (Å²) < 4.78 is 6.73. The lowest BCUT2D eigenvalue weighted by Gasteiger charge is -2.37. The molecule has 0 spiro atoms. The Bertz CT molecular complexity index is 499. The van der Waals surface area contributed by atoms with E-state index < -0.39 is 8.32 Å². The van der Waals surface area contributed by atoms with E-state index in [-0.39, 0.29) is 0 Å². The lowest BCUT2D eigenvalue weighted by atomic mass is 10.3. The Labute approximate surface area is 136 Å². The molecule has 2 heteroatoms. The van der Waals surface area contributed by atoms with Crippen molar-refractivity contribution in [3.05, 3.63) is 60.7 Å². The van der Waals surface area contributed by atoms with Crippen LogP contribution < -0.4 is 10.4 Å². The van der Waals surface area contributed by atoms with Crippen molar-refractivity contribution in [3.8, 4) is 0 Å². The van der Waals surface area contributed by atoms with E-state index in [0.29, 0.717) is 5.54 Å². The topological polar surface area (TPSA) is 9.23 Å². The van der Waals surface area contributed by atoms with E-state index in [1.165, 1.54) is 16.8 Å². The van der Waals surface area contributed by atoms with Crippen LogP contribution in [0.3, 0.4) is 0 Å². The van der Waals surface area contributed by atoms with Gasteiger partial charge in [0.15, 0.2) is 0 Å². The van der Waals surface area contributed by atoms with Crippen molar-refractivity contribution >= 4 is 18.7 Å². The zero-order chi connectivity index (χ0) is 15.8. The molecule has 0 radical (unpaired) electrons. The first-order valence-corrected chi connectivity index (χ1v) is 10.5. The third kappa shape index (κ3) is 3.50. The fraction of sp³-hybridized carbons (Fsp3) is 0.400. The number of unbranched alkanes of at least 4 members (excludes halogenated alkanes) is 1. The molecule has 0 heterocycles. The van der Waals surface area contributed by atoms with Gasteiger partial charge < -0.3 is 4.43 Å². The van der Waals surface area contributed by atoms with Crippen molar-refractivity contribution in [2.24, 2.45) is 0 Å². The summed E-state index contributed by atoms with van der Waals surface area (Å²) in [5.41, 5.74) is 0.550. The van der Waals surface area contributed by atoms with Crippen LogP contribution in [-0.2, 0) is 4.43 Å². The van der Waals surface area contributed by atoms with Gasteiger partial charge in [0, 0.05) is 6.61 Å². The SMILES string of the molecule is CCCCO[Si](c1ccccc1)(c1ccccc1)C(C)CC. The minimum absolute atomic E-state index is 0.550. The van der Waals surface area contributed by atoms with Crippen LogP contribution in [0.1, 0.15) is 40.0 Å². The molecule has 0 saturated heterocycles. The maximum Gasteiger partial charge on any atom is 0.258 e. The van der Waals surface area contributed by atoms with Gasteiger partial charge in [-0.25, -0.2) is 0 Å². The Morgan fingerprint density at radius 3 is 1.77 bits per heavy atom. The number of hydrogen-bond donors (Lipinski definition) is 0. The van der Waals surface area contributed by atoms with Crippen molar-refractivity contribution in [1.29, 1.82) is 0 Å². The molecule has 22 heavy (non-hydrogen) atoms. The van der Waals surface area contributed by atoms with E-state index in [1.807, 2.05) is 0 Å². The molecule has 2 aromatic carbocycles. The molecule has 0 N–H and O–H groups in total. The summed E-state index contributed by atoms with van der Waals surface area (Å²) in [6.07, 6.45) is 3.45. The predicted molar refractivity (Wildman–Crippen MR) is 98.5 cm³/mol. The van der Waals surface area contributed by atoms with Gasteiger partial charge in [0.05, 0.1) is 0 Å². The molecule has 0 amide bonds. The Morgan fingerprint density at radius 2 is 1.36 bits per heavy atom. The first-order chi connectivity index (χ1) is 10.8. The Balaban J connectivity index is 2.53. The summed E-state index contributed by atoms with van der Waals surface area (Å²) in [5, 5.41) is 2.79. The second-order valence-electron chi connectivity index (χ2n) is 5.98. The molecular weight excluding hydrogens is 284 g/mol. The largest absolute Gasteiger partial charge is 0.408 e. The van der Waals surface area contributed by atoms with Gasteiger partial charge in [-0.05, 0) is 22.3 Å². The molecular formula is C20H28OSi. The fourth-order valence-electron chi connectivity index (χ4n) is 3.08. The van der Waals surface area contributed by atoms with Crippen molar-refractivity contribution in [1.82, 2.24) is 0 Å². The Kier molecular flexibility index (Phi) is 6.41. The van der Waals surface area contributed by atoms with E-state index in [4.69, 9.17) is 4.43 Å². The molecule has 0 aliphatic heterocycles. The van der Waals surface area contributed by atoms with Gasteiger partial charge in [0.2, 0.25) is 0 Å². The molecule has 0 saturated carbocycles. The summed E-state index contributed by atoms with van der Waals surface area (Å²) >= 11 is 0. The van der Waals surface area contributed by atoms with E-state index in [2.05, 4.69) is 81.4 Å². The van der Waals surface area contributed by atoms with Crippen molar-refractivity contribution in [3.63, 3.8) is 0 Å². The van der Waals surface area contributed by atoms with Crippen LogP contribution in [0.25, 0.3) is 0 Å². The standard InChI is InChI=1S/C20H28OSi/c1-4-6-17-21-22(18(3)5-2,19-13-9-7-10-14-19)20-15-11-8-12-16-20/h7-16,18H,4-6,17H2,1-3H3. The molecule has 0 aromatic heterocycles. The maximum atomic E-state index is 6.73. The van der Waals surface area contributed by atoms with Crippen LogP contribution in [-0.4, -0.2) is 14.9 Å². The minimum Gasteiger partial charge on any atom is -0.408 e. The van der Waals surface area contributed by atoms with E-state index in [1.54, 1.807) is 0 Å². The number of hydrogen-bond acceptors (Lipinski definition) is 1. The Morgan fingerprint density at radius 1 is 0.864 bits per heavy atom. The first kappa shape index (κ1) is 17.0. The molecule has 2 rings (SSSR count). The molecule has 1 unspecified atom stereocenters. The summed E-state index contributed by atoms with van der Waals surface area (Å²) in [6, 6.07) is 21.8. The third-order valence-electron chi connectivity index (χ3n) is 4.54. The van der Waals surface area contributed by atoms with Gasteiger partial charge in [0.25, 0.3) is 8.32 Å². The quantitative estimate of drug-likeness (QED) is 0.520. The van der Waals surface area contributed by atoms with Crippen LogP contribution in [0.4, 0.5) is 0 Å². The molecule has 2 aromatic rings. The van der Waals surface area contributed by atoms with Gasteiger partial charge >= 0.3 is 0 Å². The molecule has 0 bridgehead atoms. The zero-order valence-electron chi connectivity index (χ0n) is 14.1. The Hall–Kier alpha value is -1.38. The second kappa shape index (κ2) is 8.30. The van der Waals surface area contributed by atoms with E-state index in [0.717, 1.165) is 19.4 Å². The summed E-state index contributed by atoms with van der Waals surface area (Å²) in [6.45, 7) is 7.72. The third-order valence-corrected chi connectivity index (χ3v) is 9.38. The monoisotopic (exact) mass is 312 g/mol. The van der Waals surface area contributed by atoms with Crippen LogP contribution in [0.15, 0.2) is 60.7 Å². The lowest BCUT2D eigenvalue weighted by molar-refractivity contribution is 0.300. The van der Waals surface area contributed by atoms with Gasteiger partial charge in [-0.1, -0.05) is 94.3 Å². The second-order valence-corrected chi connectivity index (χ2v) is 9.88. The average molecular weight is 313 g/mol. The molecule has 1 nitrogen and oxygen atoms in total. The molecule has 118 valence electrons. The zero-order valence-corrected chi connectivity index (χ0v) is 15.1. The average Bonchev–Trinajstić information content (AvgIpc) is 2.60. The highest BCUT2D eigenvalue weighted by Crippen LogP contribution is 2.26. The molecule has 1 atom stereocenters. The van der Waals surface area contributed by atoms with Gasteiger partial charge in [0.1, 0.15) is 0 Å². The minimum atomic E-state index is -2.19. The highest BCUT2D eigenvalue weighted by molar-refractivity contribution is 6.98. The lowest BCUT2D eigenvalue weighted by Crippen LogP contribution is -2.63. The van der Waals surface area contributed by atoms with Crippen molar-refractivity contribution in [2.45, 2.75) is 45.6 Å². The normalized spacial score (nSPS) is 13.0. The van der Waals surface area contributed by atoms with Crippen LogP contribution in [0.2, 0.25) is 5.54 Å². The van der Waals surface area contributed by atoms with Crippen molar-refractivity contribution < 1.29 is 4.43 Å². The highest BCUT2D eigenvalue weighted by Gasteiger charge is 2.43. The summed E-state index contributed by atoms with van der Waals surface area (Å²) in [5.74, 6) is 0. The van der Waals surface area contributed by atoms with E-state index >= 15 is 0 Å². The predicted octanol–water partition coefficient (Wildman–Crippen LogP) is 4.36. The maximum absolute atomic E-state index is 6.73. The highest BCUT2D eigenvalue weighted by atomic mass is 28.4. The molecule has 0 aliphatic carbocycles. The van der Waals surface area contributed by atoms with Crippen LogP contribution in [0, 0.1) is 0 Å². The first-order valence-electron chi connectivity index (χ1n) is 8.50. The van der Waals surface area contributed by atoms with Crippen LogP contribution >= 0.6 is 0 Å². The van der Waals surface area contributed by atoms with Crippen molar-refractivity contribution in [2.75, 3.05) is 6.61 Å². The summed E-state index contributed by atoms with van der Waals surface area (Å²) in [7, 11) is -2.19. The van der Waals surface area contributed by atoms with E-state index in [9.17, 15) is 0 Å². The smallest absolute Gasteiger partial charge is 0.258 e. The van der Waals surface area contributed by atoms with Gasteiger partial charge in [-0.15, -0.1) is 0 Å². The molecule has 0 aliphatic rings. The van der Waals surface area contributed by atoms with Gasteiger partial charge in [-0.2, -0.15) is 0 Å². The fourth-order valence-corrected chi connectivity index (χ4v) is 7.59. The van der Waals surface area contributed by atoms with Gasteiger partial charge in [-0.3, -0.25) is 0 Å². The summed E-state index contributed by atoms with van der Waals surface area (Å²) in [4.78, 5) is 0. The number of rotatable bonds is 8.